The monoisotopic (exact) mass is 572 g/mol. The third kappa shape index (κ3) is 5.02. The maximum Gasteiger partial charge on any atom is 0.259 e. The van der Waals surface area contributed by atoms with E-state index in [1.165, 1.54) is 0 Å². The lowest BCUT2D eigenvalue weighted by Gasteiger charge is -2.34. The SMILES string of the molecule is Cc1cc(C(C)Nc2ccc(Cl)nc2-c2cnn(C)c2)c2c(c1)c(=O)n(C)c1nn(C3CCN(C(C)C)CC3)cc21. The van der Waals surface area contributed by atoms with Gasteiger partial charge in [-0.05, 0) is 69.9 Å². The van der Waals surface area contributed by atoms with E-state index in [9.17, 15) is 4.79 Å². The number of hydrogen-bond acceptors (Lipinski definition) is 6. The molecular formula is C31H37ClN8O. The van der Waals surface area contributed by atoms with Crippen molar-refractivity contribution in [3.8, 4) is 11.3 Å². The van der Waals surface area contributed by atoms with Crippen LogP contribution in [0.1, 0.15) is 56.8 Å². The lowest BCUT2D eigenvalue weighted by atomic mass is 9.95. The number of anilines is 1. The lowest BCUT2D eigenvalue weighted by Crippen LogP contribution is -2.39. The minimum absolute atomic E-state index is 0.0336. The van der Waals surface area contributed by atoms with E-state index in [4.69, 9.17) is 16.7 Å². The number of likely N-dealkylation sites (tertiary alicyclic amines) is 1. The Morgan fingerprint density at radius 1 is 1.05 bits per heavy atom. The van der Waals surface area contributed by atoms with Crippen LogP contribution in [-0.4, -0.2) is 53.1 Å². The highest BCUT2D eigenvalue weighted by Crippen LogP contribution is 2.36. The van der Waals surface area contributed by atoms with E-state index in [1.807, 2.05) is 39.3 Å². The van der Waals surface area contributed by atoms with Gasteiger partial charge in [-0.25, -0.2) is 4.98 Å². The van der Waals surface area contributed by atoms with Gasteiger partial charge in [-0.1, -0.05) is 17.7 Å². The molecule has 6 rings (SSSR count). The van der Waals surface area contributed by atoms with Crippen LogP contribution in [0, 0.1) is 6.92 Å². The Labute approximate surface area is 244 Å². The van der Waals surface area contributed by atoms with Crippen molar-refractivity contribution in [1.82, 2.24) is 34.0 Å². The van der Waals surface area contributed by atoms with Crippen LogP contribution < -0.4 is 10.9 Å². The molecule has 0 bridgehead atoms. The van der Waals surface area contributed by atoms with Crippen molar-refractivity contribution in [3.05, 3.63) is 69.5 Å². The van der Waals surface area contributed by atoms with Crippen molar-refractivity contribution < 1.29 is 0 Å². The second kappa shape index (κ2) is 10.6. The van der Waals surface area contributed by atoms with Crippen LogP contribution in [0.5, 0.6) is 0 Å². The van der Waals surface area contributed by atoms with Gasteiger partial charge in [0.1, 0.15) is 5.15 Å². The summed E-state index contributed by atoms with van der Waals surface area (Å²) in [4.78, 5) is 20.8. The van der Waals surface area contributed by atoms with Crippen molar-refractivity contribution in [2.45, 2.75) is 58.7 Å². The van der Waals surface area contributed by atoms with Gasteiger partial charge in [0.2, 0.25) is 0 Å². The summed E-state index contributed by atoms with van der Waals surface area (Å²) in [6.45, 7) is 10.8. The van der Waals surface area contributed by atoms with Gasteiger partial charge in [-0.2, -0.15) is 10.2 Å². The van der Waals surface area contributed by atoms with E-state index in [0.29, 0.717) is 22.6 Å². The summed E-state index contributed by atoms with van der Waals surface area (Å²) in [6, 6.07) is 8.63. The summed E-state index contributed by atoms with van der Waals surface area (Å²) >= 11 is 6.30. The molecule has 10 heteroatoms. The molecule has 4 aromatic heterocycles. The van der Waals surface area contributed by atoms with Crippen LogP contribution in [0.25, 0.3) is 33.1 Å². The van der Waals surface area contributed by atoms with E-state index in [0.717, 1.165) is 70.4 Å². The van der Waals surface area contributed by atoms with Gasteiger partial charge in [0.15, 0.2) is 5.65 Å². The second-order valence-electron chi connectivity index (χ2n) is 11.6. The average Bonchev–Trinajstić information content (AvgIpc) is 3.59. The van der Waals surface area contributed by atoms with Crippen LogP contribution in [0.4, 0.5) is 5.69 Å². The fraction of sp³-hybridized carbons (Fsp3) is 0.419. The molecule has 0 radical (unpaired) electrons. The maximum absolute atomic E-state index is 13.7. The molecule has 41 heavy (non-hydrogen) atoms. The highest BCUT2D eigenvalue weighted by Gasteiger charge is 2.25. The number of aromatic nitrogens is 6. The molecule has 0 saturated carbocycles. The Morgan fingerprint density at radius 3 is 2.49 bits per heavy atom. The van der Waals surface area contributed by atoms with Crippen LogP contribution in [0.2, 0.25) is 5.15 Å². The molecule has 1 saturated heterocycles. The van der Waals surface area contributed by atoms with Gasteiger partial charge in [0, 0.05) is 73.4 Å². The van der Waals surface area contributed by atoms with Gasteiger partial charge in [0.05, 0.1) is 23.6 Å². The van der Waals surface area contributed by atoms with Gasteiger partial charge in [-0.15, -0.1) is 0 Å². The predicted molar refractivity (Wildman–Crippen MR) is 166 cm³/mol. The van der Waals surface area contributed by atoms with E-state index in [1.54, 1.807) is 21.5 Å². The highest BCUT2D eigenvalue weighted by atomic mass is 35.5. The maximum atomic E-state index is 13.7. The van der Waals surface area contributed by atoms with Crippen LogP contribution in [-0.2, 0) is 14.1 Å². The molecule has 1 aliphatic rings. The van der Waals surface area contributed by atoms with Crippen molar-refractivity contribution in [2.24, 2.45) is 14.1 Å². The van der Waals surface area contributed by atoms with Gasteiger partial charge in [0.25, 0.3) is 5.56 Å². The Morgan fingerprint density at radius 2 is 1.80 bits per heavy atom. The number of rotatable bonds is 6. The molecule has 1 unspecified atom stereocenters. The molecule has 1 atom stereocenters. The second-order valence-corrected chi connectivity index (χ2v) is 12.0. The van der Waals surface area contributed by atoms with Gasteiger partial charge < -0.3 is 10.2 Å². The van der Waals surface area contributed by atoms with Crippen molar-refractivity contribution >= 4 is 39.1 Å². The normalized spacial score (nSPS) is 15.8. The molecule has 1 N–H and O–H groups in total. The molecule has 5 heterocycles. The quantitative estimate of drug-likeness (QED) is 0.256. The Balaban J connectivity index is 1.45. The minimum Gasteiger partial charge on any atom is -0.377 e. The Bertz CT molecular complexity index is 1810. The zero-order chi connectivity index (χ0) is 29.0. The van der Waals surface area contributed by atoms with Crippen LogP contribution in [0.3, 0.4) is 0 Å². The molecule has 1 fully saturated rings. The van der Waals surface area contributed by atoms with Crippen molar-refractivity contribution in [3.63, 3.8) is 0 Å². The summed E-state index contributed by atoms with van der Waals surface area (Å²) in [6.07, 6.45) is 7.95. The van der Waals surface area contributed by atoms with Crippen molar-refractivity contribution in [2.75, 3.05) is 18.4 Å². The summed E-state index contributed by atoms with van der Waals surface area (Å²) in [5.74, 6) is 0. The molecule has 0 spiro atoms. The zero-order valence-electron chi connectivity index (χ0n) is 24.5. The van der Waals surface area contributed by atoms with E-state index < -0.39 is 0 Å². The molecular weight excluding hydrogens is 536 g/mol. The van der Waals surface area contributed by atoms with Crippen molar-refractivity contribution in [1.29, 1.82) is 0 Å². The number of halogens is 1. The molecule has 1 aromatic carbocycles. The number of aryl methyl sites for hydroxylation is 3. The van der Waals surface area contributed by atoms with Crippen LogP contribution in [0.15, 0.2) is 47.7 Å². The predicted octanol–water partition coefficient (Wildman–Crippen LogP) is 5.86. The number of benzene rings is 1. The van der Waals surface area contributed by atoms with E-state index in [-0.39, 0.29) is 11.6 Å². The lowest BCUT2D eigenvalue weighted by molar-refractivity contribution is 0.147. The third-order valence-electron chi connectivity index (χ3n) is 8.43. The first-order chi connectivity index (χ1) is 19.6. The summed E-state index contributed by atoms with van der Waals surface area (Å²) in [5.41, 5.74) is 5.22. The molecule has 9 nitrogen and oxygen atoms in total. The van der Waals surface area contributed by atoms with Gasteiger partial charge in [-0.3, -0.25) is 18.7 Å². The number of piperidine rings is 1. The smallest absolute Gasteiger partial charge is 0.259 e. The van der Waals surface area contributed by atoms with Gasteiger partial charge >= 0.3 is 0 Å². The Hall–Kier alpha value is -3.69. The molecule has 0 aliphatic carbocycles. The van der Waals surface area contributed by atoms with E-state index >= 15 is 0 Å². The number of nitrogens with one attached hydrogen (secondary N) is 1. The molecule has 5 aromatic rings. The minimum atomic E-state index is -0.135. The number of hydrogen-bond donors (Lipinski definition) is 1. The molecule has 0 amide bonds. The number of pyridine rings is 2. The number of nitrogens with zero attached hydrogens (tertiary/aromatic N) is 7. The first kappa shape index (κ1) is 27.5. The van der Waals surface area contributed by atoms with E-state index in [2.05, 4.69) is 58.0 Å². The highest BCUT2D eigenvalue weighted by molar-refractivity contribution is 6.29. The standard InChI is InChI=1S/C31H37ClN8O/c1-18(2)39-11-9-22(10-12-39)40-17-25-28-23(13-19(3)14-24(28)31(41)38(6)30(25)36-40)20(4)34-26-7-8-27(32)35-29(26)21-15-33-37(5)16-21/h7-8,13-18,20,22,34H,9-12H2,1-6H3. The average molecular weight is 573 g/mol. The third-order valence-corrected chi connectivity index (χ3v) is 8.64. The summed E-state index contributed by atoms with van der Waals surface area (Å²) in [7, 11) is 3.70. The largest absolute Gasteiger partial charge is 0.377 e. The fourth-order valence-electron chi connectivity index (χ4n) is 6.19. The zero-order valence-corrected chi connectivity index (χ0v) is 25.3. The summed E-state index contributed by atoms with van der Waals surface area (Å²) in [5, 5.41) is 16.0. The molecule has 214 valence electrons. The first-order valence-corrected chi connectivity index (χ1v) is 14.7. The summed E-state index contributed by atoms with van der Waals surface area (Å²) < 4.78 is 5.55. The molecule has 1 aliphatic heterocycles. The Kier molecular flexibility index (Phi) is 7.11. The topological polar surface area (TPSA) is 85.8 Å². The first-order valence-electron chi connectivity index (χ1n) is 14.3. The van der Waals surface area contributed by atoms with Crippen LogP contribution >= 0.6 is 11.6 Å². The number of fused-ring (bicyclic) bond motifs is 3. The fourth-order valence-corrected chi connectivity index (χ4v) is 6.34.